The Balaban J connectivity index is 2.46. The standard InChI is InChI=1S/C15H13F3N2O4S2/c1-3-23-14(22)19-13-20(6-7-25-9(2)21)11-5-4-10(8-12(11)26-13)24-15(16,17)18/h3-5,8H,1,6-7H2,2H3/b19-13-. The van der Waals surface area contributed by atoms with Crippen LogP contribution in [0.15, 0.2) is 36.0 Å². The number of aromatic nitrogens is 1. The lowest BCUT2D eigenvalue weighted by atomic mass is 10.3. The van der Waals surface area contributed by atoms with E-state index in [1.54, 1.807) is 4.57 Å². The third-order valence-corrected chi connectivity index (χ3v) is 4.71. The van der Waals surface area contributed by atoms with E-state index in [0.717, 1.165) is 29.4 Å². The van der Waals surface area contributed by atoms with Gasteiger partial charge in [-0.1, -0.05) is 29.7 Å². The van der Waals surface area contributed by atoms with E-state index < -0.39 is 12.5 Å². The molecule has 0 fully saturated rings. The van der Waals surface area contributed by atoms with Crippen LogP contribution in [0.3, 0.4) is 0 Å². The number of nitrogens with zero attached hydrogens (tertiary/aromatic N) is 2. The monoisotopic (exact) mass is 406 g/mol. The Labute approximate surface area is 153 Å². The van der Waals surface area contributed by atoms with Crippen molar-refractivity contribution in [1.82, 2.24) is 4.57 Å². The average Bonchev–Trinajstić information content (AvgIpc) is 2.82. The summed E-state index contributed by atoms with van der Waals surface area (Å²) in [6.07, 6.45) is -4.80. The second-order valence-corrected chi connectivity index (χ2v) is 7.00. The zero-order valence-corrected chi connectivity index (χ0v) is 15.0. The van der Waals surface area contributed by atoms with Crippen LogP contribution in [-0.4, -0.2) is 27.9 Å². The summed E-state index contributed by atoms with van der Waals surface area (Å²) in [5.41, 5.74) is 0.554. The number of aryl methyl sites for hydroxylation is 1. The number of benzene rings is 1. The average molecular weight is 406 g/mol. The van der Waals surface area contributed by atoms with Crippen molar-refractivity contribution in [3.63, 3.8) is 0 Å². The van der Waals surface area contributed by atoms with Gasteiger partial charge in [0.2, 0.25) is 0 Å². The molecule has 0 saturated heterocycles. The molecule has 0 aliphatic carbocycles. The van der Waals surface area contributed by atoms with Gasteiger partial charge in [0.25, 0.3) is 0 Å². The van der Waals surface area contributed by atoms with Crippen molar-refractivity contribution < 1.29 is 32.2 Å². The number of alkyl halides is 3. The maximum Gasteiger partial charge on any atom is 0.573 e. The van der Waals surface area contributed by atoms with Crippen LogP contribution in [-0.2, 0) is 16.1 Å². The maximum atomic E-state index is 12.4. The molecule has 1 heterocycles. The molecule has 0 bridgehead atoms. The molecule has 2 rings (SSSR count). The van der Waals surface area contributed by atoms with Crippen molar-refractivity contribution in [3.05, 3.63) is 35.8 Å². The van der Waals surface area contributed by atoms with Crippen LogP contribution in [0.1, 0.15) is 6.92 Å². The number of rotatable bonds is 5. The molecule has 0 spiro atoms. The largest absolute Gasteiger partial charge is 0.573 e. The van der Waals surface area contributed by atoms with E-state index in [-0.39, 0.29) is 15.7 Å². The lowest BCUT2D eigenvalue weighted by Crippen LogP contribution is -2.18. The molecule has 1 aromatic carbocycles. The quantitative estimate of drug-likeness (QED) is 0.701. The van der Waals surface area contributed by atoms with Gasteiger partial charge in [-0.2, -0.15) is 0 Å². The Hall–Kier alpha value is -2.27. The molecule has 140 valence electrons. The highest BCUT2D eigenvalue weighted by atomic mass is 32.2. The number of hydrogen-bond donors (Lipinski definition) is 0. The van der Waals surface area contributed by atoms with Gasteiger partial charge in [0, 0.05) is 19.2 Å². The molecular weight excluding hydrogens is 393 g/mol. The minimum Gasteiger partial charge on any atom is -0.417 e. The smallest absolute Gasteiger partial charge is 0.417 e. The second-order valence-electron chi connectivity index (χ2n) is 4.72. The first-order chi connectivity index (χ1) is 12.2. The first kappa shape index (κ1) is 20.0. The summed E-state index contributed by atoms with van der Waals surface area (Å²) < 4.78 is 47.6. The van der Waals surface area contributed by atoms with E-state index in [4.69, 9.17) is 0 Å². The highest BCUT2D eigenvalue weighted by Gasteiger charge is 2.31. The summed E-state index contributed by atoms with van der Waals surface area (Å²) in [6, 6.07) is 3.81. The Morgan fingerprint density at radius 3 is 2.77 bits per heavy atom. The third kappa shape index (κ3) is 5.63. The van der Waals surface area contributed by atoms with Crippen molar-refractivity contribution in [3.8, 4) is 5.75 Å². The second kappa shape index (κ2) is 8.41. The van der Waals surface area contributed by atoms with Gasteiger partial charge in [-0.05, 0) is 18.2 Å². The summed E-state index contributed by atoms with van der Waals surface area (Å²) >= 11 is 2.08. The molecule has 0 aliphatic heterocycles. The number of thioether (sulfide) groups is 1. The molecule has 6 nitrogen and oxygen atoms in total. The lowest BCUT2D eigenvalue weighted by molar-refractivity contribution is -0.274. The highest BCUT2D eigenvalue weighted by molar-refractivity contribution is 8.13. The minimum absolute atomic E-state index is 0.0736. The number of halogens is 3. The number of hydrogen-bond acceptors (Lipinski definition) is 6. The fourth-order valence-corrected chi connectivity index (χ4v) is 3.64. The van der Waals surface area contributed by atoms with E-state index in [1.807, 2.05) is 0 Å². The molecular formula is C15H13F3N2O4S2. The first-order valence-electron chi connectivity index (χ1n) is 7.08. The fraction of sp³-hybridized carbons (Fsp3) is 0.267. The van der Waals surface area contributed by atoms with Crippen molar-refractivity contribution in [2.24, 2.45) is 4.99 Å². The predicted molar refractivity (Wildman–Crippen MR) is 91.9 cm³/mol. The van der Waals surface area contributed by atoms with Crippen LogP contribution >= 0.6 is 23.1 Å². The van der Waals surface area contributed by atoms with E-state index in [9.17, 15) is 22.8 Å². The van der Waals surface area contributed by atoms with Crippen molar-refractivity contribution in [2.45, 2.75) is 19.8 Å². The highest BCUT2D eigenvalue weighted by Crippen LogP contribution is 2.28. The zero-order valence-electron chi connectivity index (χ0n) is 13.4. The molecule has 2 aromatic rings. The van der Waals surface area contributed by atoms with Crippen molar-refractivity contribution >= 4 is 44.5 Å². The molecule has 1 aromatic heterocycles. The van der Waals surface area contributed by atoms with Crippen LogP contribution in [0.2, 0.25) is 0 Å². The van der Waals surface area contributed by atoms with Crippen molar-refractivity contribution in [1.29, 1.82) is 0 Å². The van der Waals surface area contributed by atoms with Crippen LogP contribution in [0, 0.1) is 0 Å². The van der Waals surface area contributed by atoms with Gasteiger partial charge in [0.05, 0.1) is 16.5 Å². The maximum absolute atomic E-state index is 12.4. The van der Waals surface area contributed by atoms with E-state index in [2.05, 4.69) is 21.0 Å². The van der Waals surface area contributed by atoms with Gasteiger partial charge >= 0.3 is 12.5 Å². The van der Waals surface area contributed by atoms with Gasteiger partial charge in [-0.25, -0.2) is 4.79 Å². The third-order valence-electron chi connectivity index (χ3n) is 2.88. The Kier molecular flexibility index (Phi) is 6.48. The molecule has 26 heavy (non-hydrogen) atoms. The van der Waals surface area contributed by atoms with Gasteiger partial charge in [-0.15, -0.1) is 18.2 Å². The van der Waals surface area contributed by atoms with Crippen LogP contribution in [0.4, 0.5) is 18.0 Å². The number of carbonyl (C=O) groups is 2. The SMILES string of the molecule is C=COC(=O)/N=c1\sc2cc(OC(F)(F)F)ccc2n1CCSC(C)=O. The first-order valence-corrected chi connectivity index (χ1v) is 8.88. The van der Waals surface area contributed by atoms with Crippen LogP contribution < -0.4 is 9.54 Å². The predicted octanol–water partition coefficient (Wildman–Crippen LogP) is 4.06. The van der Waals surface area contributed by atoms with Gasteiger partial charge in [0.1, 0.15) is 5.75 Å². The fourth-order valence-electron chi connectivity index (χ4n) is 2.01. The summed E-state index contributed by atoms with van der Waals surface area (Å²) in [4.78, 5) is 26.7. The lowest BCUT2D eigenvalue weighted by Gasteiger charge is -2.09. The van der Waals surface area contributed by atoms with Crippen LogP contribution in [0.5, 0.6) is 5.75 Å². The van der Waals surface area contributed by atoms with Gasteiger partial charge in [0.15, 0.2) is 9.92 Å². The van der Waals surface area contributed by atoms with E-state index in [0.29, 0.717) is 22.5 Å². The summed E-state index contributed by atoms with van der Waals surface area (Å²) in [7, 11) is 0. The van der Waals surface area contributed by atoms with E-state index in [1.165, 1.54) is 25.1 Å². The molecule has 0 atom stereocenters. The number of ether oxygens (including phenoxy) is 2. The van der Waals surface area contributed by atoms with Crippen LogP contribution in [0.25, 0.3) is 10.2 Å². The van der Waals surface area contributed by atoms with Gasteiger partial charge in [-0.3, -0.25) is 4.79 Å². The molecule has 0 N–H and O–H groups in total. The normalized spacial score (nSPS) is 12.2. The molecule has 0 unspecified atom stereocenters. The summed E-state index contributed by atoms with van der Waals surface area (Å²) in [6.45, 7) is 5.00. The molecule has 0 radical (unpaired) electrons. The summed E-state index contributed by atoms with van der Waals surface area (Å²) in [5.74, 6) is 0.0304. The van der Waals surface area contributed by atoms with Crippen molar-refractivity contribution in [2.75, 3.05) is 5.75 Å². The minimum atomic E-state index is -4.81. The molecule has 1 amide bonds. The number of carbonyl (C=O) groups excluding carboxylic acids is 2. The Morgan fingerprint density at radius 2 is 2.15 bits per heavy atom. The zero-order chi connectivity index (χ0) is 19.3. The summed E-state index contributed by atoms with van der Waals surface area (Å²) in [5, 5.41) is -0.0736. The molecule has 11 heteroatoms. The Bertz CT molecular complexity index is 902. The number of thiazole rings is 1. The number of amides is 1. The van der Waals surface area contributed by atoms with Gasteiger partial charge < -0.3 is 14.0 Å². The molecule has 0 saturated carbocycles. The molecule has 0 aliphatic rings. The Morgan fingerprint density at radius 1 is 1.42 bits per heavy atom. The topological polar surface area (TPSA) is 69.9 Å². The number of fused-ring (bicyclic) bond motifs is 1. The van der Waals surface area contributed by atoms with E-state index >= 15 is 0 Å².